The predicted octanol–water partition coefficient (Wildman–Crippen LogP) is 2.47. The molecule has 3 saturated heterocycles. The Morgan fingerprint density at radius 3 is 3.00 bits per heavy atom. The monoisotopic (exact) mass is 358 g/mol. The number of aryl methyl sites for hydroxylation is 1. The number of likely N-dealkylation sites (tertiary alicyclic amines) is 1. The molecule has 6 heteroatoms. The van der Waals surface area contributed by atoms with E-state index in [4.69, 9.17) is 0 Å². The van der Waals surface area contributed by atoms with E-state index in [0.29, 0.717) is 41.8 Å². The highest BCUT2D eigenvalue weighted by molar-refractivity contribution is 5.92. The molecule has 0 radical (unpaired) electrons. The minimum Gasteiger partial charge on any atom is -0.339 e. The van der Waals surface area contributed by atoms with Crippen molar-refractivity contribution in [2.45, 2.75) is 58.4 Å². The number of nitrogens with one attached hydrogen (secondary N) is 1. The molecule has 3 fully saturated rings. The van der Waals surface area contributed by atoms with Crippen LogP contribution < -0.4 is 0 Å². The predicted molar refractivity (Wildman–Crippen MR) is 98.6 cm³/mol. The highest BCUT2D eigenvalue weighted by Crippen LogP contribution is 2.38. The standard InChI is InChI=1S/C20H30N4O2/c1-13(2)6-7-16-9-17(22-21-16)20(26)23-10-14-8-15(12-23)18-4-3-5-19(25)24(18)11-14/h9,13-15,18H,3-8,10-12H2,1-2H3,(H,21,22). The third-order valence-corrected chi connectivity index (χ3v) is 6.31. The molecular weight excluding hydrogens is 328 g/mol. The summed E-state index contributed by atoms with van der Waals surface area (Å²) in [5.74, 6) is 1.84. The van der Waals surface area contributed by atoms with Crippen LogP contribution in [0.25, 0.3) is 0 Å². The molecule has 6 nitrogen and oxygen atoms in total. The minimum atomic E-state index is 0.0438. The van der Waals surface area contributed by atoms with Gasteiger partial charge in [-0.25, -0.2) is 0 Å². The topological polar surface area (TPSA) is 69.3 Å². The Morgan fingerprint density at radius 2 is 2.19 bits per heavy atom. The molecule has 2 bridgehead atoms. The van der Waals surface area contributed by atoms with E-state index in [1.54, 1.807) is 0 Å². The van der Waals surface area contributed by atoms with Crippen molar-refractivity contribution in [2.24, 2.45) is 17.8 Å². The summed E-state index contributed by atoms with van der Waals surface area (Å²) in [7, 11) is 0. The molecular formula is C20H30N4O2. The second-order valence-corrected chi connectivity index (χ2v) is 8.79. The summed E-state index contributed by atoms with van der Waals surface area (Å²) in [5.41, 5.74) is 1.59. The lowest BCUT2D eigenvalue weighted by molar-refractivity contribution is -0.144. The second kappa shape index (κ2) is 7.05. The lowest BCUT2D eigenvalue weighted by atomic mass is 9.76. The Bertz CT molecular complexity index is 683. The second-order valence-electron chi connectivity index (χ2n) is 8.79. The van der Waals surface area contributed by atoms with Gasteiger partial charge in [0.25, 0.3) is 5.91 Å². The molecule has 0 aromatic carbocycles. The molecule has 4 heterocycles. The normalized spacial score (nSPS) is 28.4. The molecule has 1 N–H and O–H groups in total. The number of hydrogen-bond donors (Lipinski definition) is 1. The van der Waals surface area contributed by atoms with Gasteiger partial charge in [0.05, 0.1) is 0 Å². The van der Waals surface area contributed by atoms with E-state index in [1.807, 2.05) is 11.0 Å². The van der Waals surface area contributed by atoms with E-state index in [0.717, 1.165) is 57.4 Å². The van der Waals surface area contributed by atoms with Crippen molar-refractivity contribution in [3.05, 3.63) is 17.5 Å². The van der Waals surface area contributed by atoms with Crippen molar-refractivity contribution in [3.63, 3.8) is 0 Å². The lowest BCUT2D eigenvalue weighted by Crippen LogP contribution is -2.61. The molecule has 4 rings (SSSR count). The van der Waals surface area contributed by atoms with E-state index in [9.17, 15) is 9.59 Å². The Labute approximate surface area is 155 Å². The van der Waals surface area contributed by atoms with Gasteiger partial charge in [0.15, 0.2) is 0 Å². The number of nitrogens with zero attached hydrogens (tertiary/aromatic N) is 3. The molecule has 3 atom stereocenters. The van der Waals surface area contributed by atoms with Gasteiger partial charge in [0.2, 0.25) is 5.91 Å². The largest absolute Gasteiger partial charge is 0.339 e. The van der Waals surface area contributed by atoms with Crippen LogP contribution >= 0.6 is 0 Å². The van der Waals surface area contributed by atoms with Crippen LogP contribution in [-0.2, 0) is 11.2 Å². The summed E-state index contributed by atoms with van der Waals surface area (Å²) in [4.78, 5) is 29.3. The Balaban J connectivity index is 1.43. The Kier molecular flexibility index (Phi) is 4.76. The molecule has 0 spiro atoms. The number of carbonyl (C=O) groups excluding carboxylic acids is 2. The quantitative estimate of drug-likeness (QED) is 0.899. The van der Waals surface area contributed by atoms with Crippen molar-refractivity contribution in [1.29, 1.82) is 0 Å². The van der Waals surface area contributed by atoms with Crippen LogP contribution in [0.3, 0.4) is 0 Å². The molecule has 142 valence electrons. The molecule has 2 amide bonds. The van der Waals surface area contributed by atoms with E-state index >= 15 is 0 Å². The number of aromatic amines is 1. The van der Waals surface area contributed by atoms with Gasteiger partial charge in [-0.3, -0.25) is 14.7 Å². The van der Waals surface area contributed by atoms with Crippen molar-refractivity contribution in [1.82, 2.24) is 20.0 Å². The molecule has 3 aliphatic rings. The zero-order chi connectivity index (χ0) is 18.3. The van der Waals surface area contributed by atoms with Crippen LogP contribution in [0.4, 0.5) is 0 Å². The van der Waals surface area contributed by atoms with Gasteiger partial charge in [0.1, 0.15) is 5.69 Å². The molecule has 26 heavy (non-hydrogen) atoms. The fraction of sp³-hybridized carbons (Fsp3) is 0.750. The van der Waals surface area contributed by atoms with Crippen LogP contribution in [0.2, 0.25) is 0 Å². The van der Waals surface area contributed by atoms with Crippen LogP contribution in [-0.4, -0.2) is 57.5 Å². The third kappa shape index (κ3) is 3.38. The number of aromatic nitrogens is 2. The Hall–Kier alpha value is -1.85. The van der Waals surface area contributed by atoms with Crippen molar-refractivity contribution < 1.29 is 9.59 Å². The van der Waals surface area contributed by atoms with Gasteiger partial charge >= 0.3 is 0 Å². The number of amides is 2. The summed E-state index contributed by atoms with van der Waals surface area (Å²) in [6.45, 7) is 6.74. The smallest absolute Gasteiger partial charge is 0.274 e. The molecule has 0 aliphatic carbocycles. The molecule has 1 aromatic rings. The van der Waals surface area contributed by atoms with Crippen molar-refractivity contribution >= 4 is 11.8 Å². The Morgan fingerprint density at radius 1 is 1.35 bits per heavy atom. The first kappa shape index (κ1) is 17.6. The minimum absolute atomic E-state index is 0.0438. The van der Waals surface area contributed by atoms with Crippen molar-refractivity contribution in [2.75, 3.05) is 19.6 Å². The fourth-order valence-electron chi connectivity index (χ4n) is 4.98. The first-order valence-corrected chi connectivity index (χ1v) is 10.1. The maximum atomic E-state index is 13.0. The van der Waals surface area contributed by atoms with E-state index in [-0.39, 0.29) is 5.91 Å². The summed E-state index contributed by atoms with van der Waals surface area (Å²) in [6.07, 6.45) is 5.96. The summed E-state index contributed by atoms with van der Waals surface area (Å²) in [6, 6.07) is 2.26. The molecule has 0 saturated carbocycles. The van der Waals surface area contributed by atoms with Crippen LogP contribution in [0, 0.1) is 17.8 Å². The van der Waals surface area contributed by atoms with Gasteiger partial charge in [-0.15, -0.1) is 0 Å². The van der Waals surface area contributed by atoms with Gasteiger partial charge in [0, 0.05) is 37.8 Å². The van der Waals surface area contributed by atoms with Gasteiger partial charge in [-0.2, -0.15) is 5.10 Å². The van der Waals surface area contributed by atoms with Gasteiger partial charge in [-0.1, -0.05) is 13.8 Å². The maximum absolute atomic E-state index is 13.0. The van der Waals surface area contributed by atoms with E-state index in [2.05, 4.69) is 28.9 Å². The van der Waals surface area contributed by atoms with E-state index in [1.165, 1.54) is 0 Å². The average Bonchev–Trinajstić information content (AvgIpc) is 3.09. The lowest BCUT2D eigenvalue weighted by Gasteiger charge is -2.52. The first-order chi connectivity index (χ1) is 12.5. The average molecular weight is 358 g/mol. The molecule has 3 aliphatic heterocycles. The van der Waals surface area contributed by atoms with Crippen LogP contribution in [0.15, 0.2) is 6.07 Å². The summed E-state index contributed by atoms with van der Waals surface area (Å²) < 4.78 is 0. The molecule has 1 aromatic heterocycles. The highest BCUT2D eigenvalue weighted by Gasteiger charge is 2.45. The zero-order valence-corrected chi connectivity index (χ0v) is 15.9. The highest BCUT2D eigenvalue weighted by atomic mass is 16.2. The summed E-state index contributed by atoms with van der Waals surface area (Å²) >= 11 is 0. The number of fused-ring (bicyclic) bond motifs is 4. The van der Waals surface area contributed by atoms with Gasteiger partial charge < -0.3 is 9.80 Å². The van der Waals surface area contributed by atoms with Crippen LogP contribution in [0.1, 0.15) is 62.1 Å². The van der Waals surface area contributed by atoms with E-state index < -0.39 is 0 Å². The summed E-state index contributed by atoms with van der Waals surface area (Å²) in [5, 5.41) is 7.31. The SMILES string of the molecule is CC(C)CCc1cc(C(=O)N2CC3CC(C2)C2CCCC(=O)N2C3)n[nH]1. The maximum Gasteiger partial charge on any atom is 0.274 e. The van der Waals surface area contributed by atoms with Gasteiger partial charge in [-0.05, 0) is 55.9 Å². The number of piperidine rings is 3. The third-order valence-electron chi connectivity index (χ3n) is 6.31. The van der Waals surface area contributed by atoms with Crippen LogP contribution in [0.5, 0.6) is 0 Å². The fourth-order valence-corrected chi connectivity index (χ4v) is 4.98. The first-order valence-electron chi connectivity index (χ1n) is 10.1. The number of carbonyl (C=O) groups is 2. The molecule has 3 unspecified atom stereocenters. The number of hydrogen-bond acceptors (Lipinski definition) is 3. The van der Waals surface area contributed by atoms with Crippen molar-refractivity contribution in [3.8, 4) is 0 Å². The number of H-pyrrole nitrogens is 1. The number of rotatable bonds is 4. The zero-order valence-electron chi connectivity index (χ0n) is 15.9.